The third kappa shape index (κ3) is 1.76. The lowest BCUT2D eigenvalue weighted by molar-refractivity contribution is 0.0857. The molecule has 0 spiro atoms. The van der Waals surface area contributed by atoms with Gasteiger partial charge in [-0.1, -0.05) is 0 Å². The summed E-state index contributed by atoms with van der Waals surface area (Å²) >= 11 is 5.67. The van der Waals surface area contributed by atoms with Crippen molar-refractivity contribution in [1.82, 2.24) is 10.2 Å². The predicted octanol–water partition coefficient (Wildman–Crippen LogP) is 0.977. The second-order valence-corrected chi connectivity index (χ2v) is 3.84. The van der Waals surface area contributed by atoms with Crippen LogP contribution in [0.15, 0.2) is 16.7 Å². The standard InChI is InChI=1S/C9H11ClN2O2/c1-12-4-6(5-12)11-9(13)7-2-3-14-8(7)10/h2-3,6H,4-5H2,1H3,(H,11,13). The van der Waals surface area contributed by atoms with E-state index in [0.717, 1.165) is 13.1 Å². The van der Waals surface area contributed by atoms with Crippen LogP contribution in [0.2, 0.25) is 5.22 Å². The Bertz CT molecular complexity index is 344. The number of nitrogens with zero attached hydrogens (tertiary/aromatic N) is 1. The molecule has 0 aromatic carbocycles. The Kier molecular flexibility index (Phi) is 2.48. The van der Waals surface area contributed by atoms with Crippen LogP contribution < -0.4 is 5.32 Å². The first-order valence-electron chi connectivity index (χ1n) is 4.39. The van der Waals surface area contributed by atoms with E-state index in [2.05, 4.69) is 10.2 Å². The highest BCUT2D eigenvalue weighted by Gasteiger charge is 2.26. The summed E-state index contributed by atoms with van der Waals surface area (Å²) in [7, 11) is 2.01. The molecule has 1 aliphatic rings. The number of carbonyl (C=O) groups excluding carboxylic acids is 1. The van der Waals surface area contributed by atoms with Crippen molar-refractivity contribution in [3.8, 4) is 0 Å². The zero-order chi connectivity index (χ0) is 10.1. The monoisotopic (exact) mass is 214 g/mol. The lowest BCUT2D eigenvalue weighted by Gasteiger charge is -2.36. The fraction of sp³-hybridized carbons (Fsp3) is 0.444. The lowest BCUT2D eigenvalue weighted by atomic mass is 10.1. The molecule has 2 heterocycles. The molecule has 0 radical (unpaired) electrons. The molecule has 0 bridgehead atoms. The maximum absolute atomic E-state index is 11.6. The van der Waals surface area contributed by atoms with Gasteiger partial charge >= 0.3 is 0 Å². The van der Waals surface area contributed by atoms with Gasteiger partial charge in [-0.3, -0.25) is 4.79 Å². The lowest BCUT2D eigenvalue weighted by Crippen LogP contribution is -2.57. The Hall–Kier alpha value is -1.00. The molecule has 1 saturated heterocycles. The molecule has 1 aromatic rings. The van der Waals surface area contributed by atoms with Crippen LogP contribution in [0.5, 0.6) is 0 Å². The SMILES string of the molecule is CN1CC(NC(=O)c2ccoc2Cl)C1. The second-order valence-electron chi connectivity index (χ2n) is 3.50. The van der Waals surface area contributed by atoms with E-state index in [1.165, 1.54) is 6.26 Å². The number of carbonyl (C=O) groups is 1. The van der Waals surface area contributed by atoms with Crippen LogP contribution >= 0.6 is 11.6 Å². The molecular formula is C9H11ClN2O2. The van der Waals surface area contributed by atoms with Gasteiger partial charge in [0.1, 0.15) is 0 Å². The first-order valence-corrected chi connectivity index (χ1v) is 4.77. The molecule has 1 N–H and O–H groups in total. The highest BCUT2D eigenvalue weighted by atomic mass is 35.5. The summed E-state index contributed by atoms with van der Waals surface area (Å²) < 4.78 is 4.83. The largest absolute Gasteiger partial charge is 0.452 e. The molecule has 0 atom stereocenters. The van der Waals surface area contributed by atoms with E-state index in [9.17, 15) is 4.79 Å². The predicted molar refractivity (Wildman–Crippen MR) is 52.5 cm³/mol. The summed E-state index contributed by atoms with van der Waals surface area (Å²) in [5, 5.41) is 3.01. The van der Waals surface area contributed by atoms with Crippen LogP contribution in [0.3, 0.4) is 0 Å². The summed E-state index contributed by atoms with van der Waals surface area (Å²) in [6.07, 6.45) is 1.41. The van der Waals surface area contributed by atoms with Gasteiger partial charge in [0.15, 0.2) is 0 Å². The number of likely N-dealkylation sites (N-methyl/N-ethyl adjacent to an activating group) is 1. The fourth-order valence-corrected chi connectivity index (χ4v) is 1.71. The summed E-state index contributed by atoms with van der Waals surface area (Å²) in [6, 6.07) is 1.80. The van der Waals surface area contributed by atoms with Gasteiger partial charge in [0.2, 0.25) is 5.22 Å². The average molecular weight is 215 g/mol. The molecule has 0 unspecified atom stereocenters. The van der Waals surface area contributed by atoms with E-state index in [1.807, 2.05) is 7.05 Å². The minimum absolute atomic E-state index is 0.148. The van der Waals surface area contributed by atoms with Crippen LogP contribution in [-0.4, -0.2) is 37.0 Å². The highest BCUT2D eigenvalue weighted by molar-refractivity contribution is 6.32. The van der Waals surface area contributed by atoms with Crippen molar-refractivity contribution in [2.24, 2.45) is 0 Å². The Morgan fingerprint density at radius 1 is 1.71 bits per heavy atom. The quantitative estimate of drug-likeness (QED) is 0.798. The van der Waals surface area contributed by atoms with Crippen LogP contribution in [0.1, 0.15) is 10.4 Å². The van der Waals surface area contributed by atoms with Crippen molar-refractivity contribution in [3.05, 3.63) is 23.1 Å². The number of nitrogens with one attached hydrogen (secondary N) is 1. The zero-order valence-corrected chi connectivity index (χ0v) is 8.54. The van der Waals surface area contributed by atoms with Gasteiger partial charge in [-0.05, 0) is 24.7 Å². The van der Waals surface area contributed by atoms with E-state index in [4.69, 9.17) is 16.0 Å². The maximum Gasteiger partial charge on any atom is 0.256 e. The van der Waals surface area contributed by atoms with Gasteiger partial charge in [-0.2, -0.15) is 0 Å². The molecule has 14 heavy (non-hydrogen) atoms. The van der Waals surface area contributed by atoms with Crippen molar-refractivity contribution in [3.63, 3.8) is 0 Å². The minimum atomic E-state index is -0.165. The summed E-state index contributed by atoms with van der Waals surface area (Å²) in [5.74, 6) is -0.165. The third-order valence-corrected chi connectivity index (χ3v) is 2.55. The number of rotatable bonds is 2. The van der Waals surface area contributed by atoms with Gasteiger partial charge in [-0.25, -0.2) is 0 Å². The molecule has 1 fully saturated rings. The van der Waals surface area contributed by atoms with Crippen molar-refractivity contribution < 1.29 is 9.21 Å². The van der Waals surface area contributed by atoms with Crippen LogP contribution in [0.4, 0.5) is 0 Å². The molecular weight excluding hydrogens is 204 g/mol. The van der Waals surface area contributed by atoms with Crippen LogP contribution in [-0.2, 0) is 0 Å². The normalized spacial score (nSPS) is 17.9. The van der Waals surface area contributed by atoms with Gasteiger partial charge in [0.05, 0.1) is 17.9 Å². The van der Waals surface area contributed by atoms with E-state index < -0.39 is 0 Å². The second kappa shape index (κ2) is 3.63. The van der Waals surface area contributed by atoms with Gasteiger partial charge < -0.3 is 14.6 Å². The van der Waals surface area contributed by atoms with Gasteiger partial charge in [0.25, 0.3) is 5.91 Å². The van der Waals surface area contributed by atoms with Crippen LogP contribution in [0.25, 0.3) is 0 Å². The van der Waals surface area contributed by atoms with Crippen molar-refractivity contribution in [2.75, 3.05) is 20.1 Å². The van der Waals surface area contributed by atoms with Crippen molar-refractivity contribution >= 4 is 17.5 Å². The molecule has 4 nitrogen and oxygen atoms in total. The zero-order valence-electron chi connectivity index (χ0n) is 7.79. The Morgan fingerprint density at radius 3 is 2.93 bits per heavy atom. The molecule has 0 aliphatic carbocycles. The molecule has 2 rings (SSSR count). The third-order valence-electron chi connectivity index (χ3n) is 2.26. The van der Waals surface area contributed by atoms with Crippen molar-refractivity contribution in [1.29, 1.82) is 0 Å². The summed E-state index contributed by atoms with van der Waals surface area (Å²) in [4.78, 5) is 13.7. The molecule has 1 aliphatic heterocycles. The van der Waals surface area contributed by atoms with Gasteiger partial charge in [0, 0.05) is 13.1 Å². The minimum Gasteiger partial charge on any atom is -0.452 e. The Balaban J connectivity index is 1.93. The molecule has 1 amide bonds. The molecule has 76 valence electrons. The van der Waals surface area contributed by atoms with E-state index in [0.29, 0.717) is 5.56 Å². The first-order chi connectivity index (χ1) is 6.66. The highest BCUT2D eigenvalue weighted by Crippen LogP contribution is 2.17. The van der Waals surface area contributed by atoms with E-state index in [1.54, 1.807) is 6.07 Å². The van der Waals surface area contributed by atoms with E-state index in [-0.39, 0.29) is 17.2 Å². The first kappa shape index (κ1) is 9.55. The van der Waals surface area contributed by atoms with Crippen LogP contribution in [0, 0.1) is 0 Å². The fourth-order valence-electron chi connectivity index (χ4n) is 1.51. The average Bonchev–Trinajstić information content (AvgIpc) is 2.48. The molecule has 0 saturated carbocycles. The number of likely N-dealkylation sites (tertiary alicyclic amines) is 1. The topological polar surface area (TPSA) is 45.5 Å². The van der Waals surface area contributed by atoms with E-state index >= 15 is 0 Å². The number of furan rings is 1. The number of halogens is 1. The van der Waals surface area contributed by atoms with Crippen molar-refractivity contribution in [2.45, 2.75) is 6.04 Å². The Labute approximate surface area is 86.8 Å². The summed E-state index contributed by atoms with van der Waals surface area (Å²) in [6.45, 7) is 1.78. The summed E-state index contributed by atoms with van der Waals surface area (Å²) in [5.41, 5.74) is 0.404. The maximum atomic E-state index is 11.6. The molecule has 5 heteroatoms. The Morgan fingerprint density at radius 2 is 2.43 bits per heavy atom. The van der Waals surface area contributed by atoms with Gasteiger partial charge in [-0.15, -0.1) is 0 Å². The number of hydrogen-bond acceptors (Lipinski definition) is 3. The number of hydrogen-bond donors (Lipinski definition) is 1. The number of amides is 1. The smallest absolute Gasteiger partial charge is 0.256 e. The molecule has 1 aromatic heterocycles.